The number of carbonyl (C=O) groups is 1. The smallest absolute Gasteiger partial charge is 0.406 e. The number of Topliss-reactive ketones (excluding diaryl/α,β-unsaturated/α-hetero) is 1. The van der Waals surface area contributed by atoms with Gasteiger partial charge in [-0.15, -0.1) is 13.2 Å². The fraction of sp³-hybridized carbons (Fsp3) is 0.500. The van der Waals surface area contributed by atoms with Gasteiger partial charge in [0.1, 0.15) is 5.75 Å². The van der Waals surface area contributed by atoms with Gasteiger partial charge in [0.05, 0.1) is 12.0 Å². The van der Waals surface area contributed by atoms with Crippen molar-refractivity contribution in [3.63, 3.8) is 0 Å². The molecule has 2 rings (SSSR count). The quantitative estimate of drug-likeness (QED) is 0.794. The van der Waals surface area contributed by atoms with Gasteiger partial charge < -0.3 is 9.47 Å². The first-order chi connectivity index (χ1) is 9.40. The molecule has 0 N–H and O–H groups in total. The minimum Gasteiger partial charge on any atom is -0.406 e. The SMILES string of the molecule is CCC1OCCC1C(=O)c1cccc(OC(F)(F)F)c1. The molecule has 0 bridgehead atoms. The highest BCUT2D eigenvalue weighted by molar-refractivity contribution is 5.98. The van der Waals surface area contributed by atoms with E-state index in [1.807, 2.05) is 6.92 Å². The maximum atomic E-state index is 12.3. The summed E-state index contributed by atoms with van der Waals surface area (Å²) in [5.74, 6) is -0.863. The minimum atomic E-state index is -4.76. The first-order valence-electron chi connectivity index (χ1n) is 6.42. The van der Waals surface area contributed by atoms with E-state index in [2.05, 4.69) is 4.74 Å². The molecule has 0 radical (unpaired) electrons. The van der Waals surface area contributed by atoms with Crippen LogP contribution in [0.3, 0.4) is 0 Å². The van der Waals surface area contributed by atoms with Crippen LogP contribution in [0.1, 0.15) is 30.1 Å². The molecule has 2 unspecified atom stereocenters. The van der Waals surface area contributed by atoms with Crippen LogP contribution >= 0.6 is 0 Å². The Morgan fingerprint density at radius 1 is 1.45 bits per heavy atom. The number of carbonyl (C=O) groups excluding carboxylic acids is 1. The van der Waals surface area contributed by atoms with E-state index in [0.29, 0.717) is 19.4 Å². The first kappa shape index (κ1) is 14.8. The lowest BCUT2D eigenvalue weighted by molar-refractivity contribution is -0.274. The number of alkyl halides is 3. The van der Waals surface area contributed by atoms with Crippen molar-refractivity contribution >= 4 is 5.78 Å². The predicted molar refractivity (Wildman–Crippen MR) is 65.6 cm³/mol. The zero-order valence-corrected chi connectivity index (χ0v) is 10.9. The van der Waals surface area contributed by atoms with Crippen LogP contribution in [0.25, 0.3) is 0 Å². The van der Waals surface area contributed by atoms with Crippen molar-refractivity contribution in [3.05, 3.63) is 29.8 Å². The van der Waals surface area contributed by atoms with Crippen molar-refractivity contribution in [2.24, 2.45) is 5.92 Å². The average molecular weight is 288 g/mol. The number of ether oxygens (including phenoxy) is 2. The van der Waals surface area contributed by atoms with Crippen molar-refractivity contribution in [1.29, 1.82) is 0 Å². The zero-order valence-electron chi connectivity index (χ0n) is 10.9. The van der Waals surface area contributed by atoms with Crippen LogP contribution < -0.4 is 4.74 Å². The summed E-state index contributed by atoms with van der Waals surface area (Å²) in [6, 6.07) is 5.18. The summed E-state index contributed by atoms with van der Waals surface area (Å²) < 4.78 is 45.8. The van der Waals surface area contributed by atoms with E-state index in [1.54, 1.807) is 0 Å². The molecule has 3 nitrogen and oxygen atoms in total. The molecule has 0 amide bonds. The maximum Gasteiger partial charge on any atom is 0.573 e. The van der Waals surface area contributed by atoms with Gasteiger partial charge in [0.15, 0.2) is 5.78 Å². The summed E-state index contributed by atoms with van der Waals surface area (Å²) in [5.41, 5.74) is 0.223. The molecule has 1 aliphatic rings. The van der Waals surface area contributed by atoms with E-state index in [9.17, 15) is 18.0 Å². The van der Waals surface area contributed by atoms with Crippen LogP contribution in [0.5, 0.6) is 5.75 Å². The number of rotatable bonds is 4. The van der Waals surface area contributed by atoms with Crippen molar-refractivity contribution in [3.8, 4) is 5.75 Å². The fourth-order valence-electron chi connectivity index (χ4n) is 2.41. The molecule has 1 aliphatic heterocycles. The van der Waals surface area contributed by atoms with Crippen LogP contribution in [-0.2, 0) is 4.74 Å². The monoisotopic (exact) mass is 288 g/mol. The number of hydrogen-bond donors (Lipinski definition) is 0. The third-order valence-electron chi connectivity index (χ3n) is 3.30. The largest absolute Gasteiger partial charge is 0.573 e. The van der Waals surface area contributed by atoms with Gasteiger partial charge in [-0.05, 0) is 25.0 Å². The molecular formula is C14H15F3O3. The van der Waals surface area contributed by atoms with Gasteiger partial charge in [-0.25, -0.2) is 0 Å². The minimum absolute atomic E-state index is 0.158. The highest BCUT2D eigenvalue weighted by Gasteiger charge is 2.34. The predicted octanol–water partition coefficient (Wildman–Crippen LogP) is 3.58. The third kappa shape index (κ3) is 3.50. The number of hydrogen-bond acceptors (Lipinski definition) is 3. The van der Waals surface area contributed by atoms with Crippen molar-refractivity contribution in [2.45, 2.75) is 32.2 Å². The Labute approximate surface area is 114 Å². The number of ketones is 1. The second-order valence-corrected chi connectivity index (χ2v) is 4.65. The molecule has 0 aromatic heterocycles. The molecule has 0 spiro atoms. The van der Waals surface area contributed by atoms with E-state index >= 15 is 0 Å². The molecule has 110 valence electrons. The van der Waals surface area contributed by atoms with Gasteiger partial charge in [0.2, 0.25) is 0 Å². The molecule has 1 fully saturated rings. The average Bonchev–Trinajstić information content (AvgIpc) is 2.84. The molecule has 1 aromatic carbocycles. The standard InChI is InChI=1S/C14H15F3O3/c1-2-12-11(6-7-19-12)13(18)9-4-3-5-10(8-9)20-14(15,16)17/h3-5,8,11-12H,2,6-7H2,1H3. The lowest BCUT2D eigenvalue weighted by Gasteiger charge is -2.16. The van der Waals surface area contributed by atoms with Crippen molar-refractivity contribution in [1.82, 2.24) is 0 Å². The number of benzene rings is 1. The van der Waals surface area contributed by atoms with Crippen LogP contribution in [0.4, 0.5) is 13.2 Å². The summed E-state index contributed by atoms with van der Waals surface area (Å²) >= 11 is 0. The summed E-state index contributed by atoms with van der Waals surface area (Å²) in [6.07, 6.45) is -3.62. The maximum absolute atomic E-state index is 12.3. The highest BCUT2D eigenvalue weighted by Crippen LogP contribution is 2.29. The van der Waals surface area contributed by atoms with Crippen LogP contribution in [0.2, 0.25) is 0 Å². The lowest BCUT2D eigenvalue weighted by Crippen LogP contribution is -2.24. The Morgan fingerprint density at radius 2 is 2.20 bits per heavy atom. The van der Waals surface area contributed by atoms with Crippen LogP contribution in [0.15, 0.2) is 24.3 Å². The van der Waals surface area contributed by atoms with E-state index in [0.717, 1.165) is 6.07 Å². The zero-order chi connectivity index (χ0) is 14.8. The van der Waals surface area contributed by atoms with Gasteiger partial charge >= 0.3 is 6.36 Å². The van der Waals surface area contributed by atoms with E-state index in [1.165, 1.54) is 18.2 Å². The third-order valence-corrected chi connectivity index (χ3v) is 3.30. The molecule has 1 heterocycles. The molecule has 1 saturated heterocycles. The van der Waals surface area contributed by atoms with E-state index in [4.69, 9.17) is 4.74 Å². The summed E-state index contributed by atoms with van der Waals surface area (Å²) in [4.78, 5) is 12.3. The Kier molecular flexibility index (Phi) is 4.32. The van der Waals surface area contributed by atoms with Crippen molar-refractivity contribution < 1.29 is 27.4 Å². The molecule has 1 aromatic rings. The molecule has 6 heteroatoms. The summed E-state index contributed by atoms with van der Waals surface area (Å²) in [6.45, 7) is 2.42. The normalized spacial score (nSPS) is 22.8. The highest BCUT2D eigenvalue weighted by atomic mass is 19.4. The van der Waals surface area contributed by atoms with Gasteiger partial charge in [-0.1, -0.05) is 19.1 Å². The molecular weight excluding hydrogens is 273 g/mol. The first-order valence-corrected chi connectivity index (χ1v) is 6.42. The lowest BCUT2D eigenvalue weighted by atomic mass is 9.90. The van der Waals surface area contributed by atoms with Crippen LogP contribution in [-0.4, -0.2) is 24.9 Å². The summed E-state index contributed by atoms with van der Waals surface area (Å²) in [5, 5.41) is 0. The number of halogens is 3. The van der Waals surface area contributed by atoms with Crippen molar-refractivity contribution in [2.75, 3.05) is 6.61 Å². The second-order valence-electron chi connectivity index (χ2n) is 4.65. The Bertz CT molecular complexity index is 485. The Balaban J connectivity index is 2.16. The molecule has 2 atom stereocenters. The molecule has 0 saturated carbocycles. The molecule has 0 aliphatic carbocycles. The van der Waals surface area contributed by atoms with Gasteiger partial charge in [0.25, 0.3) is 0 Å². The Hall–Kier alpha value is -1.56. The fourth-order valence-corrected chi connectivity index (χ4v) is 2.41. The Morgan fingerprint density at radius 3 is 2.85 bits per heavy atom. The molecule has 20 heavy (non-hydrogen) atoms. The van der Waals surface area contributed by atoms with Gasteiger partial charge in [-0.2, -0.15) is 0 Å². The van der Waals surface area contributed by atoms with Gasteiger partial charge in [0, 0.05) is 12.2 Å². The van der Waals surface area contributed by atoms with E-state index in [-0.39, 0.29) is 29.1 Å². The van der Waals surface area contributed by atoms with Crippen LogP contribution in [0, 0.1) is 5.92 Å². The second kappa shape index (κ2) is 5.83. The van der Waals surface area contributed by atoms with E-state index < -0.39 is 6.36 Å². The summed E-state index contributed by atoms with van der Waals surface area (Å²) in [7, 11) is 0. The van der Waals surface area contributed by atoms with Gasteiger partial charge in [-0.3, -0.25) is 4.79 Å². The topological polar surface area (TPSA) is 35.5 Å².